The van der Waals surface area contributed by atoms with Gasteiger partial charge < -0.3 is 0 Å². The van der Waals surface area contributed by atoms with Gasteiger partial charge >= 0.3 is 0 Å². The Morgan fingerprint density at radius 1 is 0.312 bits per heavy atom. The number of hydrogen-bond donors (Lipinski definition) is 0. The van der Waals surface area contributed by atoms with Gasteiger partial charge in [0.25, 0.3) is 0 Å². The van der Waals surface area contributed by atoms with Crippen molar-refractivity contribution in [3.63, 3.8) is 0 Å². The molecular formula is C45H27N3. The highest BCUT2D eigenvalue weighted by molar-refractivity contribution is 6.25. The fraction of sp³-hybridized carbons (Fsp3) is 0. The van der Waals surface area contributed by atoms with E-state index in [2.05, 4.69) is 151 Å². The van der Waals surface area contributed by atoms with Gasteiger partial charge in [-0.2, -0.15) is 0 Å². The lowest BCUT2D eigenvalue weighted by molar-refractivity contribution is 1.37. The molecule has 0 aliphatic carbocycles. The zero-order valence-electron chi connectivity index (χ0n) is 25.9. The molecule has 0 saturated heterocycles. The van der Waals surface area contributed by atoms with E-state index in [1.165, 1.54) is 32.3 Å². The quantitative estimate of drug-likeness (QED) is 0.187. The molecule has 0 fully saturated rings. The molecule has 10 rings (SSSR count). The summed E-state index contributed by atoms with van der Waals surface area (Å²) >= 11 is 0. The van der Waals surface area contributed by atoms with Gasteiger partial charge in [0.2, 0.25) is 0 Å². The third-order valence-electron chi connectivity index (χ3n) is 9.66. The molecule has 0 atom stereocenters. The molecule has 0 unspecified atom stereocenters. The van der Waals surface area contributed by atoms with Crippen molar-refractivity contribution in [1.82, 2.24) is 15.0 Å². The molecule has 0 saturated carbocycles. The van der Waals surface area contributed by atoms with Crippen LogP contribution in [-0.4, -0.2) is 15.0 Å². The molecule has 3 heterocycles. The fourth-order valence-corrected chi connectivity index (χ4v) is 7.22. The third kappa shape index (κ3) is 4.25. The van der Waals surface area contributed by atoms with E-state index in [-0.39, 0.29) is 0 Å². The topological polar surface area (TPSA) is 38.7 Å². The molecule has 0 spiro atoms. The number of aromatic nitrogens is 3. The molecule has 0 aliphatic heterocycles. The van der Waals surface area contributed by atoms with E-state index in [4.69, 9.17) is 9.97 Å². The molecule has 0 bridgehead atoms. The van der Waals surface area contributed by atoms with Gasteiger partial charge in [0.1, 0.15) is 0 Å². The summed E-state index contributed by atoms with van der Waals surface area (Å²) in [6.45, 7) is 0. The number of hydrogen-bond acceptors (Lipinski definition) is 3. The summed E-state index contributed by atoms with van der Waals surface area (Å²) in [5.74, 6) is 0. The van der Waals surface area contributed by atoms with Crippen molar-refractivity contribution >= 4 is 65.0 Å². The van der Waals surface area contributed by atoms with E-state index in [0.717, 1.165) is 66.4 Å². The summed E-state index contributed by atoms with van der Waals surface area (Å²) in [6.07, 6.45) is 1.95. The summed E-state index contributed by atoms with van der Waals surface area (Å²) in [6, 6.07) is 56.0. The summed E-state index contributed by atoms with van der Waals surface area (Å²) < 4.78 is 0. The lowest BCUT2D eigenvalue weighted by atomic mass is 9.93. The van der Waals surface area contributed by atoms with E-state index >= 15 is 0 Å². The molecular weight excluding hydrogens is 583 g/mol. The van der Waals surface area contributed by atoms with Crippen LogP contribution >= 0.6 is 0 Å². The number of fused-ring (bicyclic) bond motifs is 10. The summed E-state index contributed by atoms with van der Waals surface area (Å²) in [4.78, 5) is 15.1. The first-order chi connectivity index (χ1) is 23.8. The summed E-state index contributed by atoms with van der Waals surface area (Å²) in [5.41, 5.74) is 9.08. The monoisotopic (exact) mass is 609 g/mol. The SMILES string of the molecule is c1ccc2ncc(-c3ccc(-c4ccc5ccc6ccc(-c7ccc8c9ccccc9c9ccccc9c8c7)nc6c5n4)cc3)cc2c1. The maximum Gasteiger partial charge on any atom is 0.0972 e. The Kier molecular flexibility index (Phi) is 5.87. The molecule has 48 heavy (non-hydrogen) atoms. The number of rotatable bonds is 3. The van der Waals surface area contributed by atoms with Crippen molar-refractivity contribution in [3.05, 3.63) is 164 Å². The predicted molar refractivity (Wildman–Crippen MR) is 201 cm³/mol. The minimum atomic E-state index is 0.909. The maximum atomic E-state index is 5.27. The van der Waals surface area contributed by atoms with Crippen molar-refractivity contribution in [3.8, 4) is 33.6 Å². The minimum absolute atomic E-state index is 0.909. The largest absolute Gasteiger partial charge is 0.256 e. The first kappa shape index (κ1) is 26.7. The van der Waals surface area contributed by atoms with Gasteiger partial charge in [0, 0.05) is 39.0 Å². The Balaban J connectivity index is 1.08. The first-order valence-electron chi connectivity index (χ1n) is 16.3. The van der Waals surface area contributed by atoms with Crippen LogP contribution in [0.5, 0.6) is 0 Å². The van der Waals surface area contributed by atoms with E-state index < -0.39 is 0 Å². The van der Waals surface area contributed by atoms with Crippen molar-refractivity contribution in [2.45, 2.75) is 0 Å². The van der Waals surface area contributed by atoms with Gasteiger partial charge in [0.05, 0.1) is 27.9 Å². The molecule has 0 radical (unpaired) electrons. The van der Waals surface area contributed by atoms with E-state index in [9.17, 15) is 0 Å². The number of benzene rings is 7. The van der Waals surface area contributed by atoms with Crippen LogP contribution < -0.4 is 0 Å². The lowest BCUT2D eigenvalue weighted by Gasteiger charge is -2.12. The van der Waals surface area contributed by atoms with Gasteiger partial charge in [-0.3, -0.25) is 4.98 Å². The predicted octanol–water partition coefficient (Wildman–Crippen LogP) is 11.8. The van der Waals surface area contributed by atoms with Crippen LogP contribution in [0.2, 0.25) is 0 Å². The molecule has 0 amide bonds. The fourth-order valence-electron chi connectivity index (χ4n) is 7.22. The zero-order chi connectivity index (χ0) is 31.6. The zero-order valence-corrected chi connectivity index (χ0v) is 25.9. The highest BCUT2D eigenvalue weighted by atomic mass is 14.8. The summed E-state index contributed by atoms with van der Waals surface area (Å²) in [7, 11) is 0. The Morgan fingerprint density at radius 2 is 0.812 bits per heavy atom. The second-order valence-corrected chi connectivity index (χ2v) is 12.4. The minimum Gasteiger partial charge on any atom is -0.256 e. The van der Waals surface area contributed by atoms with Crippen LogP contribution in [0.15, 0.2) is 164 Å². The van der Waals surface area contributed by atoms with Crippen LogP contribution in [0.3, 0.4) is 0 Å². The first-order valence-corrected chi connectivity index (χ1v) is 16.3. The molecule has 10 aromatic rings. The van der Waals surface area contributed by atoms with E-state index in [0.29, 0.717) is 0 Å². The Hall–Kier alpha value is -6.45. The van der Waals surface area contributed by atoms with Crippen LogP contribution in [0.25, 0.3) is 98.7 Å². The molecule has 3 aromatic heterocycles. The molecule has 3 nitrogen and oxygen atoms in total. The maximum absolute atomic E-state index is 5.27. The second kappa shape index (κ2) is 10.5. The van der Waals surface area contributed by atoms with Crippen LogP contribution in [0.1, 0.15) is 0 Å². The van der Waals surface area contributed by atoms with Crippen molar-refractivity contribution in [2.24, 2.45) is 0 Å². The molecule has 0 N–H and O–H groups in total. The van der Waals surface area contributed by atoms with Crippen LogP contribution in [0.4, 0.5) is 0 Å². The average Bonchev–Trinajstić information content (AvgIpc) is 3.17. The standard InChI is InChI=1S/C45H27N3/c1-6-12-41-32(7-1)25-34(27-46-41)28-13-15-29(16-14-28)42-23-20-30-17-18-31-21-24-43(48-45(31)44(30)47-42)33-19-22-39-37-10-3-2-8-35(37)36-9-4-5-11-38(36)40(39)26-33/h1-27H. The average molecular weight is 610 g/mol. The van der Waals surface area contributed by atoms with Crippen LogP contribution in [0, 0.1) is 0 Å². The third-order valence-corrected chi connectivity index (χ3v) is 9.66. The molecule has 0 aliphatic rings. The second-order valence-electron chi connectivity index (χ2n) is 12.4. The van der Waals surface area contributed by atoms with Crippen molar-refractivity contribution in [2.75, 3.05) is 0 Å². The normalized spacial score (nSPS) is 11.8. The van der Waals surface area contributed by atoms with Gasteiger partial charge in [-0.05, 0) is 68.2 Å². The highest BCUT2D eigenvalue weighted by Crippen LogP contribution is 2.37. The smallest absolute Gasteiger partial charge is 0.0972 e. The van der Waals surface area contributed by atoms with E-state index in [1.54, 1.807) is 0 Å². The molecule has 7 aromatic carbocycles. The lowest BCUT2D eigenvalue weighted by Crippen LogP contribution is -1.91. The molecule has 3 heteroatoms. The van der Waals surface area contributed by atoms with Gasteiger partial charge in [-0.25, -0.2) is 9.97 Å². The Labute approximate surface area is 276 Å². The van der Waals surface area contributed by atoms with Gasteiger partial charge in [-0.1, -0.05) is 127 Å². The van der Waals surface area contributed by atoms with E-state index in [1.807, 2.05) is 18.3 Å². The number of nitrogens with zero attached hydrogens (tertiary/aromatic N) is 3. The van der Waals surface area contributed by atoms with Crippen LogP contribution in [-0.2, 0) is 0 Å². The van der Waals surface area contributed by atoms with Crippen molar-refractivity contribution in [1.29, 1.82) is 0 Å². The summed E-state index contributed by atoms with van der Waals surface area (Å²) in [5, 5.41) is 10.9. The number of pyridine rings is 3. The highest BCUT2D eigenvalue weighted by Gasteiger charge is 2.12. The van der Waals surface area contributed by atoms with Gasteiger partial charge in [0.15, 0.2) is 0 Å². The Morgan fingerprint density at radius 3 is 1.48 bits per heavy atom. The Bertz CT molecular complexity index is 2850. The van der Waals surface area contributed by atoms with Gasteiger partial charge in [-0.15, -0.1) is 0 Å². The molecule has 222 valence electrons. The number of para-hydroxylation sites is 1. The van der Waals surface area contributed by atoms with Crippen molar-refractivity contribution < 1.29 is 0 Å².